The molecule has 2 aromatic heterocycles. The molecule has 9 heteroatoms. The maximum Gasteiger partial charge on any atom is 0.205 e. The maximum absolute atomic E-state index is 6.31. The molecule has 0 bridgehead atoms. The predicted octanol–water partition coefficient (Wildman–Crippen LogP) is 5.08. The molecule has 29 heavy (non-hydrogen) atoms. The normalized spacial score (nSPS) is 17.1. The molecule has 1 aliphatic rings. The van der Waals surface area contributed by atoms with Crippen LogP contribution >= 0.6 is 34.8 Å². The van der Waals surface area contributed by atoms with Crippen molar-refractivity contribution in [2.75, 3.05) is 24.6 Å². The van der Waals surface area contributed by atoms with Crippen molar-refractivity contribution in [1.82, 2.24) is 20.3 Å². The number of halogens is 3. The van der Waals surface area contributed by atoms with Crippen LogP contribution in [-0.2, 0) is 6.54 Å². The van der Waals surface area contributed by atoms with Crippen molar-refractivity contribution in [1.29, 1.82) is 0 Å². The van der Waals surface area contributed by atoms with Crippen LogP contribution in [-0.4, -0.2) is 40.7 Å². The molecule has 0 aliphatic carbocycles. The van der Waals surface area contributed by atoms with Crippen LogP contribution in [0, 0.1) is 0 Å². The number of benzene rings is 1. The number of hydrogen-bond donors (Lipinski definition) is 2. The second-order valence-electron chi connectivity index (χ2n) is 7.04. The first kappa shape index (κ1) is 20.5. The van der Waals surface area contributed by atoms with E-state index in [0.29, 0.717) is 45.8 Å². The molecule has 6 nitrogen and oxygen atoms in total. The molecule has 1 saturated heterocycles. The Morgan fingerprint density at radius 2 is 2.10 bits per heavy atom. The number of aromatic nitrogens is 3. The topological polar surface area (TPSA) is 66.1 Å². The lowest BCUT2D eigenvalue weighted by atomic mass is 10.1. The highest BCUT2D eigenvalue weighted by atomic mass is 35.5. The standard InChI is InChI=1S/C20H22Cl3N5O/c1-2-29-18-12(8-13(21)9-15(18)22)10-24-14-4-3-7-28(11-14)20-25-16-5-6-17(23)26-19(16)27-20/h5-6,8-9,14,24H,2-4,7,10-11H2,1H3,(H,25,26,27). The Hall–Kier alpha value is -1.73. The van der Waals surface area contributed by atoms with E-state index in [0.717, 1.165) is 43.0 Å². The van der Waals surface area contributed by atoms with E-state index in [1.54, 1.807) is 12.1 Å². The average molecular weight is 455 g/mol. The molecule has 154 valence electrons. The highest BCUT2D eigenvalue weighted by Crippen LogP contribution is 2.32. The van der Waals surface area contributed by atoms with E-state index in [1.165, 1.54) is 0 Å². The molecule has 2 N–H and O–H groups in total. The molecule has 1 aromatic carbocycles. The molecule has 1 unspecified atom stereocenters. The Labute approximate surface area is 184 Å². The Bertz CT molecular complexity index is 1010. The summed E-state index contributed by atoms with van der Waals surface area (Å²) in [5, 5.41) is 5.20. The van der Waals surface area contributed by atoms with Crippen LogP contribution in [0.15, 0.2) is 24.3 Å². The van der Waals surface area contributed by atoms with Crippen molar-refractivity contribution in [2.45, 2.75) is 32.4 Å². The fourth-order valence-corrected chi connectivity index (χ4v) is 4.38. The number of nitrogens with one attached hydrogen (secondary N) is 2. The minimum absolute atomic E-state index is 0.306. The lowest BCUT2D eigenvalue weighted by molar-refractivity contribution is 0.333. The second kappa shape index (κ2) is 8.96. The number of hydrogen-bond acceptors (Lipinski definition) is 5. The first-order valence-corrected chi connectivity index (χ1v) is 10.8. The SMILES string of the molecule is CCOc1c(Cl)cc(Cl)cc1CNC1CCCN(c2nc3nc(Cl)ccc3[nH]2)C1. The van der Waals surface area contributed by atoms with Crippen molar-refractivity contribution in [3.05, 3.63) is 45.0 Å². The lowest BCUT2D eigenvalue weighted by Crippen LogP contribution is -2.46. The molecular weight excluding hydrogens is 433 g/mol. The van der Waals surface area contributed by atoms with Gasteiger partial charge in [-0.1, -0.05) is 34.8 Å². The number of nitrogens with zero attached hydrogens (tertiary/aromatic N) is 3. The number of fused-ring (bicyclic) bond motifs is 1. The van der Waals surface area contributed by atoms with Crippen LogP contribution in [0.4, 0.5) is 5.95 Å². The molecule has 3 aromatic rings. The minimum atomic E-state index is 0.306. The van der Waals surface area contributed by atoms with E-state index in [4.69, 9.17) is 39.5 Å². The fraction of sp³-hybridized carbons (Fsp3) is 0.400. The highest BCUT2D eigenvalue weighted by molar-refractivity contribution is 6.35. The van der Waals surface area contributed by atoms with E-state index >= 15 is 0 Å². The largest absolute Gasteiger partial charge is 0.492 e. The van der Waals surface area contributed by atoms with Gasteiger partial charge in [0.1, 0.15) is 10.9 Å². The predicted molar refractivity (Wildman–Crippen MR) is 119 cm³/mol. The summed E-state index contributed by atoms with van der Waals surface area (Å²) in [6, 6.07) is 7.58. The van der Waals surface area contributed by atoms with Gasteiger partial charge in [-0.05, 0) is 44.0 Å². The van der Waals surface area contributed by atoms with E-state index < -0.39 is 0 Å². The zero-order chi connectivity index (χ0) is 20.4. The van der Waals surface area contributed by atoms with E-state index in [-0.39, 0.29) is 0 Å². The third-order valence-corrected chi connectivity index (χ3v) is 5.68. The monoisotopic (exact) mass is 453 g/mol. The fourth-order valence-electron chi connectivity index (χ4n) is 3.65. The van der Waals surface area contributed by atoms with Gasteiger partial charge in [-0.15, -0.1) is 0 Å². The van der Waals surface area contributed by atoms with Gasteiger partial charge in [-0.3, -0.25) is 0 Å². The first-order chi connectivity index (χ1) is 14.0. The van der Waals surface area contributed by atoms with Gasteiger partial charge in [0.2, 0.25) is 5.95 Å². The Balaban J connectivity index is 1.45. The lowest BCUT2D eigenvalue weighted by Gasteiger charge is -2.33. The molecular formula is C20H22Cl3N5O. The molecule has 3 heterocycles. The number of rotatable bonds is 6. The summed E-state index contributed by atoms with van der Waals surface area (Å²) in [7, 11) is 0. The van der Waals surface area contributed by atoms with Crippen LogP contribution < -0.4 is 15.0 Å². The molecule has 0 saturated carbocycles. The maximum atomic E-state index is 6.31. The van der Waals surface area contributed by atoms with Crippen molar-refractivity contribution >= 4 is 51.9 Å². The summed E-state index contributed by atoms with van der Waals surface area (Å²) in [5.41, 5.74) is 2.48. The van der Waals surface area contributed by atoms with Crippen LogP contribution in [0.1, 0.15) is 25.3 Å². The molecule has 0 radical (unpaired) electrons. The minimum Gasteiger partial charge on any atom is -0.492 e. The molecule has 1 atom stereocenters. The van der Waals surface area contributed by atoms with Crippen LogP contribution in [0.25, 0.3) is 11.2 Å². The van der Waals surface area contributed by atoms with Crippen LogP contribution in [0.5, 0.6) is 5.75 Å². The summed E-state index contributed by atoms with van der Waals surface area (Å²) in [6.07, 6.45) is 2.15. The summed E-state index contributed by atoms with van der Waals surface area (Å²) < 4.78 is 5.72. The number of pyridine rings is 1. The zero-order valence-electron chi connectivity index (χ0n) is 16.0. The number of ether oxygens (including phenoxy) is 1. The number of anilines is 1. The van der Waals surface area contributed by atoms with E-state index in [1.807, 2.05) is 19.1 Å². The van der Waals surface area contributed by atoms with Crippen molar-refractivity contribution in [3.63, 3.8) is 0 Å². The number of aromatic amines is 1. The Morgan fingerprint density at radius 3 is 2.93 bits per heavy atom. The Kier molecular flexibility index (Phi) is 6.35. The third-order valence-electron chi connectivity index (χ3n) is 4.98. The molecule has 0 spiro atoms. The van der Waals surface area contributed by atoms with Gasteiger partial charge in [0.05, 0.1) is 17.1 Å². The molecule has 1 aliphatic heterocycles. The summed E-state index contributed by atoms with van der Waals surface area (Å²) in [5.74, 6) is 1.51. The van der Waals surface area contributed by atoms with Crippen LogP contribution in [0.3, 0.4) is 0 Å². The number of H-pyrrole nitrogens is 1. The second-order valence-corrected chi connectivity index (χ2v) is 8.27. The van der Waals surface area contributed by atoms with Crippen LogP contribution in [0.2, 0.25) is 15.2 Å². The van der Waals surface area contributed by atoms with Gasteiger partial charge in [0, 0.05) is 36.3 Å². The van der Waals surface area contributed by atoms with E-state index in [9.17, 15) is 0 Å². The van der Waals surface area contributed by atoms with E-state index in [2.05, 4.69) is 25.2 Å². The van der Waals surface area contributed by atoms with Gasteiger partial charge < -0.3 is 19.9 Å². The molecule has 1 fully saturated rings. The Morgan fingerprint density at radius 1 is 1.24 bits per heavy atom. The summed E-state index contributed by atoms with van der Waals surface area (Å²) >= 11 is 18.5. The smallest absolute Gasteiger partial charge is 0.205 e. The number of piperidine rings is 1. The van der Waals surface area contributed by atoms with Gasteiger partial charge in [0.15, 0.2) is 5.65 Å². The molecule has 4 rings (SSSR count). The van der Waals surface area contributed by atoms with Gasteiger partial charge >= 0.3 is 0 Å². The highest BCUT2D eigenvalue weighted by Gasteiger charge is 2.23. The number of imidazole rings is 1. The van der Waals surface area contributed by atoms with Crippen molar-refractivity contribution in [2.24, 2.45) is 0 Å². The zero-order valence-corrected chi connectivity index (χ0v) is 18.3. The quantitative estimate of drug-likeness (QED) is 0.509. The van der Waals surface area contributed by atoms with Gasteiger partial charge in [0.25, 0.3) is 0 Å². The third kappa shape index (κ3) is 4.72. The van der Waals surface area contributed by atoms with Gasteiger partial charge in [-0.2, -0.15) is 4.98 Å². The summed E-state index contributed by atoms with van der Waals surface area (Å²) in [4.78, 5) is 14.5. The van der Waals surface area contributed by atoms with Gasteiger partial charge in [-0.25, -0.2) is 4.98 Å². The average Bonchev–Trinajstić information content (AvgIpc) is 3.12. The van der Waals surface area contributed by atoms with Crippen molar-refractivity contribution < 1.29 is 4.74 Å². The molecule has 0 amide bonds. The van der Waals surface area contributed by atoms with Crippen molar-refractivity contribution in [3.8, 4) is 5.75 Å². The summed E-state index contributed by atoms with van der Waals surface area (Å²) in [6.45, 7) is 4.91. The first-order valence-electron chi connectivity index (χ1n) is 9.65.